The van der Waals surface area contributed by atoms with Crippen LogP contribution in [0.4, 0.5) is 0 Å². The average Bonchev–Trinajstić information content (AvgIpc) is 3.57. The second-order valence-electron chi connectivity index (χ2n) is 19.1. The normalized spacial score (nSPS) is 12.8. The Kier molecular flexibility index (Phi) is 29.7. The van der Waals surface area contributed by atoms with E-state index < -0.39 is 0 Å². The zero-order chi connectivity index (χ0) is 44.5. The lowest BCUT2D eigenvalue weighted by atomic mass is 9.92. The van der Waals surface area contributed by atoms with Gasteiger partial charge in [-0.15, -0.1) is 0 Å². The van der Waals surface area contributed by atoms with Crippen LogP contribution >= 0.6 is 0 Å². The highest BCUT2D eigenvalue weighted by Gasteiger charge is 2.35. The highest BCUT2D eigenvalue weighted by molar-refractivity contribution is 5.86. The fraction of sp³-hybridized carbons (Fsp3) is 0.700. The van der Waals surface area contributed by atoms with E-state index in [4.69, 9.17) is 0 Å². The van der Waals surface area contributed by atoms with Gasteiger partial charge in [0.15, 0.2) is 0 Å². The van der Waals surface area contributed by atoms with Crippen LogP contribution in [0.1, 0.15) is 280 Å². The average molecular weight is 845 g/mol. The predicted molar refractivity (Wildman–Crippen MR) is 275 cm³/mol. The molecule has 2 aromatic carbocycles. The molecule has 0 radical (unpaired) electrons. The van der Waals surface area contributed by atoms with Gasteiger partial charge in [-0.05, 0) is 104 Å². The number of hydrogen-bond donors (Lipinski definition) is 0. The molecule has 3 rings (SSSR count). The first-order valence-electron chi connectivity index (χ1n) is 27.2. The third-order valence-corrected chi connectivity index (χ3v) is 13.5. The van der Waals surface area contributed by atoms with Crippen molar-refractivity contribution in [1.82, 2.24) is 0 Å². The standard InChI is InChI=1S/C60H96N2/c1-7-13-17-18-19-20-21-22-23-24-25-26-27-28-29-30-31-32-33-34-35-36-37-38-40-44-58-57(43-39-14-8-2)59(55-47-51(11-5)45-53(49-55)41-15-9-3)62(61)60(58)56-48-52(12-6)46-54(50-56)42-16-10-4/h45-50H,7-39,41-43H2,1-6H3. The number of benzene rings is 2. The molecule has 0 fully saturated rings. The van der Waals surface area contributed by atoms with Crippen LogP contribution < -0.4 is 0 Å². The molecule has 0 spiro atoms. The summed E-state index contributed by atoms with van der Waals surface area (Å²) < 4.78 is 1.56. The maximum absolute atomic E-state index is 12.5. The number of rotatable bonds is 37. The summed E-state index contributed by atoms with van der Waals surface area (Å²) in [5.41, 5.74) is 24.3. The van der Waals surface area contributed by atoms with Crippen molar-refractivity contribution < 1.29 is 4.70 Å². The minimum absolute atomic E-state index is 0.897. The molecule has 0 saturated carbocycles. The van der Waals surface area contributed by atoms with E-state index in [0.29, 0.717) is 0 Å². The molecule has 0 atom stereocenters. The molecule has 0 aliphatic carbocycles. The SMILES string of the molecule is CCCCCCCCCCCCCCCCCCCCCCCCCC#CC1=C(c2cc(CC)cc(CCCC)c2)[N+](=[N-])C(c2cc(CC)cc(CCCC)c2)=C1CCCCC. The van der Waals surface area contributed by atoms with Gasteiger partial charge in [0.2, 0.25) is 11.4 Å². The van der Waals surface area contributed by atoms with Gasteiger partial charge in [0.25, 0.3) is 0 Å². The van der Waals surface area contributed by atoms with E-state index in [9.17, 15) is 5.53 Å². The molecule has 2 nitrogen and oxygen atoms in total. The van der Waals surface area contributed by atoms with Crippen molar-refractivity contribution in [1.29, 1.82) is 0 Å². The largest absolute Gasteiger partial charge is 0.493 e. The molecule has 0 amide bonds. The van der Waals surface area contributed by atoms with E-state index in [1.807, 2.05) is 0 Å². The van der Waals surface area contributed by atoms with E-state index >= 15 is 0 Å². The van der Waals surface area contributed by atoms with E-state index in [1.54, 1.807) is 4.70 Å². The van der Waals surface area contributed by atoms with E-state index in [0.717, 1.165) is 79.5 Å². The van der Waals surface area contributed by atoms with Crippen LogP contribution in [0.5, 0.6) is 0 Å². The lowest BCUT2D eigenvalue weighted by Gasteiger charge is -2.14. The molecule has 0 unspecified atom stereocenters. The second kappa shape index (κ2) is 34.5. The maximum Gasteiger partial charge on any atom is 0.223 e. The van der Waals surface area contributed by atoms with Crippen molar-refractivity contribution in [2.75, 3.05) is 0 Å². The number of allylic oxidation sites excluding steroid dienone is 2. The smallest absolute Gasteiger partial charge is 0.223 e. The van der Waals surface area contributed by atoms with Crippen LogP contribution in [0.3, 0.4) is 0 Å². The van der Waals surface area contributed by atoms with Crippen molar-refractivity contribution in [3.63, 3.8) is 0 Å². The Morgan fingerprint density at radius 1 is 0.371 bits per heavy atom. The highest BCUT2D eigenvalue weighted by atomic mass is 15.2. The molecule has 346 valence electrons. The van der Waals surface area contributed by atoms with Crippen LogP contribution in [-0.2, 0) is 25.7 Å². The predicted octanol–water partition coefficient (Wildman–Crippen LogP) is 19.6. The Hall–Kier alpha value is -2.92. The zero-order valence-electron chi connectivity index (χ0n) is 41.8. The lowest BCUT2D eigenvalue weighted by molar-refractivity contribution is -0.345. The summed E-state index contributed by atoms with van der Waals surface area (Å²) in [6.07, 6.45) is 46.6. The van der Waals surface area contributed by atoms with Gasteiger partial charge in [-0.1, -0.05) is 232 Å². The minimum Gasteiger partial charge on any atom is -0.493 e. The molecular weight excluding hydrogens is 749 g/mol. The third-order valence-electron chi connectivity index (χ3n) is 13.5. The summed E-state index contributed by atoms with van der Waals surface area (Å²) in [7, 11) is 0. The summed E-state index contributed by atoms with van der Waals surface area (Å²) in [6, 6.07) is 14.1. The van der Waals surface area contributed by atoms with Crippen molar-refractivity contribution in [2.45, 2.75) is 273 Å². The van der Waals surface area contributed by atoms with Crippen LogP contribution in [0.15, 0.2) is 47.5 Å². The van der Waals surface area contributed by atoms with E-state index in [1.165, 1.54) is 208 Å². The molecule has 0 bridgehead atoms. The summed E-state index contributed by atoms with van der Waals surface area (Å²) in [5, 5.41) is 0. The van der Waals surface area contributed by atoms with Gasteiger partial charge in [0, 0.05) is 23.1 Å². The number of aryl methyl sites for hydroxylation is 4. The first kappa shape index (κ1) is 53.4. The molecule has 1 aliphatic rings. The molecule has 62 heavy (non-hydrogen) atoms. The molecule has 2 aromatic rings. The van der Waals surface area contributed by atoms with E-state index in [-0.39, 0.29) is 0 Å². The molecule has 1 aliphatic heterocycles. The van der Waals surface area contributed by atoms with Crippen LogP contribution in [0.25, 0.3) is 16.9 Å². The van der Waals surface area contributed by atoms with Crippen molar-refractivity contribution >= 4 is 11.4 Å². The molecule has 0 saturated heterocycles. The second-order valence-corrected chi connectivity index (χ2v) is 19.1. The zero-order valence-corrected chi connectivity index (χ0v) is 41.8. The minimum atomic E-state index is 0.897. The Morgan fingerprint density at radius 2 is 0.726 bits per heavy atom. The maximum atomic E-state index is 12.5. The number of unbranched alkanes of at least 4 members (excludes halogenated alkanes) is 27. The summed E-state index contributed by atoms with van der Waals surface area (Å²) in [4.78, 5) is 0. The Bertz CT molecular complexity index is 1640. The van der Waals surface area contributed by atoms with Gasteiger partial charge in [0.1, 0.15) is 5.57 Å². The van der Waals surface area contributed by atoms with Crippen molar-refractivity contribution in [3.8, 4) is 11.8 Å². The van der Waals surface area contributed by atoms with Gasteiger partial charge in [-0.2, -0.15) is 0 Å². The fourth-order valence-electron chi connectivity index (χ4n) is 9.51. The van der Waals surface area contributed by atoms with Gasteiger partial charge < -0.3 is 5.53 Å². The van der Waals surface area contributed by atoms with Crippen molar-refractivity contribution in [3.05, 3.63) is 86.5 Å². The molecule has 0 aromatic heterocycles. The summed E-state index contributed by atoms with van der Waals surface area (Å²) in [6.45, 7) is 13.6. The van der Waals surface area contributed by atoms with E-state index in [2.05, 4.69) is 89.8 Å². The Balaban J connectivity index is 1.55. The Labute approximate surface area is 385 Å². The molecule has 0 N–H and O–H groups in total. The van der Waals surface area contributed by atoms with Crippen LogP contribution in [-0.4, -0.2) is 4.70 Å². The Morgan fingerprint density at radius 3 is 1.13 bits per heavy atom. The number of hydrogen-bond acceptors (Lipinski definition) is 0. The molecule has 1 heterocycles. The topological polar surface area (TPSA) is 25.3 Å². The van der Waals surface area contributed by atoms with Gasteiger partial charge in [-0.3, -0.25) is 0 Å². The van der Waals surface area contributed by atoms with Crippen molar-refractivity contribution in [2.24, 2.45) is 0 Å². The van der Waals surface area contributed by atoms with Crippen LogP contribution in [0, 0.1) is 11.8 Å². The van der Waals surface area contributed by atoms with Gasteiger partial charge in [0.05, 0.1) is 0 Å². The quantitative estimate of drug-likeness (QED) is 0.0368. The third kappa shape index (κ3) is 20.7. The highest BCUT2D eigenvalue weighted by Crippen LogP contribution is 2.43. The summed E-state index contributed by atoms with van der Waals surface area (Å²) >= 11 is 0. The van der Waals surface area contributed by atoms with Gasteiger partial charge in [-0.25, -0.2) is 4.70 Å². The molecule has 2 heteroatoms. The first-order chi connectivity index (χ1) is 30.5. The summed E-state index contributed by atoms with van der Waals surface area (Å²) in [5.74, 6) is 7.41. The van der Waals surface area contributed by atoms with Crippen LogP contribution in [0.2, 0.25) is 0 Å². The fourth-order valence-corrected chi connectivity index (χ4v) is 9.51. The lowest BCUT2D eigenvalue weighted by Crippen LogP contribution is -2.05. The van der Waals surface area contributed by atoms with Gasteiger partial charge >= 0.3 is 0 Å². The monoisotopic (exact) mass is 845 g/mol. The number of nitrogens with zero attached hydrogens (tertiary/aromatic N) is 2. The molecular formula is C60H96N2. The first-order valence-corrected chi connectivity index (χ1v) is 27.2.